The number of hydrogen-bond donors (Lipinski definition) is 1. The second-order valence-electron chi connectivity index (χ2n) is 8.56. The molecular weight excluding hydrogens is 430 g/mol. The van der Waals surface area contributed by atoms with Crippen LogP contribution in [-0.4, -0.2) is 31.2 Å². The number of thiophene rings is 1. The molecule has 1 atom stereocenters. The molecule has 1 saturated carbocycles. The fourth-order valence-corrected chi connectivity index (χ4v) is 6.48. The summed E-state index contributed by atoms with van der Waals surface area (Å²) in [7, 11) is 0. The van der Waals surface area contributed by atoms with E-state index in [1.54, 1.807) is 6.26 Å². The Morgan fingerprint density at radius 1 is 1.35 bits per heavy atom. The molecule has 4 aromatic heterocycles. The maximum absolute atomic E-state index is 12.3. The van der Waals surface area contributed by atoms with Crippen LogP contribution in [0.5, 0.6) is 0 Å². The molecule has 1 fully saturated rings. The van der Waals surface area contributed by atoms with Gasteiger partial charge in [0.05, 0.1) is 23.9 Å². The first-order valence-corrected chi connectivity index (χ1v) is 12.6. The minimum Gasteiger partial charge on any atom is -0.467 e. The maximum Gasteiger partial charge on any atom is 0.230 e. The maximum atomic E-state index is 12.3. The number of thioether (sulfide) groups is 1. The van der Waals surface area contributed by atoms with Gasteiger partial charge in [0.15, 0.2) is 10.8 Å². The number of amides is 1. The van der Waals surface area contributed by atoms with Crippen LogP contribution in [0, 0.1) is 5.92 Å². The normalized spacial score (nSPS) is 18.5. The van der Waals surface area contributed by atoms with Crippen LogP contribution in [0.3, 0.4) is 0 Å². The molecule has 9 heteroatoms. The number of aryl methyl sites for hydroxylation is 1. The summed E-state index contributed by atoms with van der Waals surface area (Å²) in [5, 5.41) is 13.9. The summed E-state index contributed by atoms with van der Waals surface area (Å²) in [5.41, 5.74) is 2.33. The average molecular weight is 454 g/mol. The molecule has 2 aliphatic rings. The van der Waals surface area contributed by atoms with Crippen molar-refractivity contribution in [1.82, 2.24) is 24.9 Å². The fourth-order valence-electron chi connectivity index (χ4n) is 4.33. The van der Waals surface area contributed by atoms with Gasteiger partial charge in [-0.25, -0.2) is 4.98 Å². The average Bonchev–Trinajstić information content (AvgIpc) is 3.16. The molecule has 6 rings (SSSR count). The van der Waals surface area contributed by atoms with Gasteiger partial charge in [-0.3, -0.25) is 9.20 Å². The van der Waals surface area contributed by atoms with Gasteiger partial charge in [0.1, 0.15) is 16.4 Å². The molecule has 0 aromatic carbocycles. The molecule has 4 heterocycles. The van der Waals surface area contributed by atoms with Crippen LogP contribution in [0.15, 0.2) is 28.0 Å². The minimum absolute atomic E-state index is 0.0536. The molecule has 1 N–H and O–H groups in total. The van der Waals surface area contributed by atoms with Crippen molar-refractivity contribution in [3.8, 4) is 0 Å². The number of carbonyl (C=O) groups is 1. The zero-order chi connectivity index (χ0) is 20.9. The van der Waals surface area contributed by atoms with Gasteiger partial charge in [0, 0.05) is 10.8 Å². The van der Waals surface area contributed by atoms with Crippen molar-refractivity contribution in [2.24, 2.45) is 5.92 Å². The monoisotopic (exact) mass is 453 g/mol. The highest BCUT2D eigenvalue weighted by molar-refractivity contribution is 7.99. The SMILES string of the molecule is C[C@H]1CCc2c(sc3nc(C4CC4)n4c(SCC(=O)NCc5ccco5)nnc4c23)C1. The van der Waals surface area contributed by atoms with E-state index in [9.17, 15) is 4.79 Å². The van der Waals surface area contributed by atoms with Crippen molar-refractivity contribution in [2.75, 3.05) is 5.75 Å². The fraction of sp³-hybridized carbons (Fsp3) is 0.455. The number of carbonyl (C=O) groups excluding carboxylic acids is 1. The largest absolute Gasteiger partial charge is 0.467 e. The predicted molar refractivity (Wildman–Crippen MR) is 121 cm³/mol. The Labute approximate surface area is 187 Å². The number of hydrogen-bond acceptors (Lipinski definition) is 7. The third kappa shape index (κ3) is 3.53. The molecule has 2 aliphatic carbocycles. The molecule has 1 amide bonds. The van der Waals surface area contributed by atoms with Crippen LogP contribution < -0.4 is 5.32 Å². The number of nitrogens with zero attached hydrogens (tertiary/aromatic N) is 4. The minimum atomic E-state index is -0.0536. The smallest absolute Gasteiger partial charge is 0.230 e. The van der Waals surface area contributed by atoms with E-state index >= 15 is 0 Å². The van der Waals surface area contributed by atoms with E-state index in [2.05, 4.69) is 26.8 Å². The first-order chi connectivity index (χ1) is 15.2. The molecule has 0 unspecified atom stereocenters. The van der Waals surface area contributed by atoms with Crippen molar-refractivity contribution < 1.29 is 9.21 Å². The molecular formula is C22H23N5O2S2. The summed E-state index contributed by atoms with van der Waals surface area (Å²) < 4.78 is 7.39. The van der Waals surface area contributed by atoms with Gasteiger partial charge in [0.2, 0.25) is 5.91 Å². The van der Waals surface area contributed by atoms with E-state index < -0.39 is 0 Å². The van der Waals surface area contributed by atoms with Crippen molar-refractivity contribution in [3.63, 3.8) is 0 Å². The van der Waals surface area contributed by atoms with E-state index in [-0.39, 0.29) is 11.7 Å². The van der Waals surface area contributed by atoms with E-state index in [1.807, 2.05) is 23.5 Å². The van der Waals surface area contributed by atoms with Crippen LogP contribution in [0.25, 0.3) is 15.9 Å². The van der Waals surface area contributed by atoms with Gasteiger partial charge in [-0.05, 0) is 55.7 Å². The Balaban J connectivity index is 1.32. The molecule has 0 radical (unpaired) electrons. The Bertz CT molecular complexity index is 1270. The van der Waals surface area contributed by atoms with Crippen LogP contribution in [-0.2, 0) is 24.2 Å². The zero-order valence-electron chi connectivity index (χ0n) is 17.3. The van der Waals surface area contributed by atoms with Gasteiger partial charge in [-0.1, -0.05) is 18.7 Å². The van der Waals surface area contributed by atoms with Gasteiger partial charge in [0.25, 0.3) is 0 Å². The zero-order valence-corrected chi connectivity index (χ0v) is 18.9. The Morgan fingerprint density at radius 2 is 2.26 bits per heavy atom. The molecule has 7 nitrogen and oxygen atoms in total. The summed E-state index contributed by atoms with van der Waals surface area (Å²) in [6.45, 7) is 2.72. The molecule has 0 aliphatic heterocycles. The lowest BCUT2D eigenvalue weighted by Gasteiger charge is -2.17. The second kappa shape index (κ2) is 7.63. The van der Waals surface area contributed by atoms with Crippen LogP contribution in [0.4, 0.5) is 0 Å². The number of rotatable bonds is 6. The summed E-state index contributed by atoms with van der Waals surface area (Å²) in [4.78, 5) is 20.0. The molecule has 0 spiro atoms. The summed E-state index contributed by atoms with van der Waals surface area (Å²) in [5.74, 6) is 3.21. The lowest BCUT2D eigenvalue weighted by atomic mass is 9.89. The van der Waals surface area contributed by atoms with Gasteiger partial charge >= 0.3 is 0 Å². The van der Waals surface area contributed by atoms with E-state index in [4.69, 9.17) is 9.40 Å². The van der Waals surface area contributed by atoms with Gasteiger partial charge in [-0.15, -0.1) is 21.5 Å². The number of fused-ring (bicyclic) bond motifs is 5. The topological polar surface area (TPSA) is 85.3 Å². The lowest BCUT2D eigenvalue weighted by molar-refractivity contribution is -0.118. The van der Waals surface area contributed by atoms with Crippen molar-refractivity contribution >= 4 is 44.9 Å². The first-order valence-electron chi connectivity index (χ1n) is 10.8. The molecule has 0 saturated heterocycles. The molecule has 160 valence electrons. The Morgan fingerprint density at radius 3 is 3.06 bits per heavy atom. The van der Waals surface area contributed by atoms with E-state index in [0.717, 1.165) is 58.8 Å². The number of furan rings is 1. The number of aromatic nitrogens is 4. The standard InChI is InChI=1S/C22H23N5O2S2/c1-12-4-7-15-16(9-12)31-21-18(15)20-25-26-22(27(20)19(24-21)13-5-6-13)30-11-17(28)23-10-14-3-2-8-29-14/h2-3,8,12-13H,4-7,9-11H2,1H3,(H,23,28)/t12-/m0/s1. The van der Waals surface area contributed by atoms with Crippen LogP contribution in [0.2, 0.25) is 0 Å². The molecule has 0 bridgehead atoms. The lowest BCUT2D eigenvalue weighted by Crippen LogP contribution is -2.24. The third-order valence-corrected chi connectivity index (χ3v) is 8.19. The second-order valence-corrected chi connectivity index (χ2v) is 10.6. The van der Waals surface area contributed by atoms with E-state index in [1.165, 1.54) is 34.0 Å². The highest BCUT2D eigenvalue weighted by Gasteiger charge is 2.32. The van der Waals surface area contributed by atoms with E-state index in [0.29, 0.717) is 12.5 Å². The molecule has 31 heavy (non-hydrogen) atoms. The van der Waals surface area contributed by atoms with Crippen LogP contribution >= 0.6 is 23.1 Å². The van der Waals surface area contributed by atoms with Gasteiger partial charge in [-0.2, -0.15) is 0 Å². The quantitative estimate of drug-likeness (QED) is 0.437. The molecule has 4 aromatic rings. The summed E-state index contributed by atoms with van der Waals surface area (Å²) in [6, 6.07) is 3.66. The van der Waals surface area contributed by atoms with Crippen molar-refractivity contribution in [3.05, 3.63) is 40.4 Å². The van der Waals surface area contributed by atoms with Crippen molar-refractivity contribution in [2.45, 2.75) is 56.6 Å². The van der Waals surface area contributed by atoms with Gasteiger partial charge < -0.3 is 9.73 Å². The first kappa shape index (κ1) is 19.3. The Hall–Kier alpha value is -2.39. The summed E-state index contributed by atoms with van der Waals surface area (Å²) >= 11 is 3.26. The van der Waals surface area contributed by atoms with Crippen LogP contribution in [0.1, 0.15) is 54.1 Å². The highest BCUT2D eigenvalue weighted by atomic mass is 32.2. The summed E-state index contributed by atoms with van der Waals surface area (Å²) in [6.07, 6.45) is 7.34. The third-order valence-electron chi connectivity index (χ3n) is 6.11. The number of nitrogens with one attached hydrogen (secondary N) is 1. The predicted octanol–water partition coefficient (Wildman–Crippen LogP) is 4.34. The Kier molecular flexibility index (Phi) is 4.75. The van der Waals surface area contributed by atoms with Crippen molar-refractivity contribution in [1.29, 1.82) is 0 Å². The highest BCUT2D eigenvalue weighted by Crippen LogP contribution is 2.44.